The van der Waals surface area contributed by atoms with Crippen LogP contribution in [0.5, 0.6) is 5.75 Å². The van der Waals surface area contributed by atoms with E-state index in [9.17, 15) is 9.59 Å². The summed E-state index contributed by atoms with van der Waals surface area (Å²) >= 11 is 0. The molecule has 0 fully saturated rings. The van der Waals surface area contributed by atoms with Crippen LogP contribution in [-0.2, 0) is 19.1 Å². The van der Waals surface area contributed by atoms with E-state index in [4.69, 9.17) is 14.2 Å². The number of hydrogen-bond acceptors (Lipinski definition) is 7. The minimum atomic E-state index is -0.455. The average molecular weight is 346 g/mol. The van der Waals surface area contributed by atoms with Crippen LogP contribution in [-0.4, -0.2) is 43.8 Å². The number of hydrogen-bond donors (Lipinski definition) is 1. The second kappa shape index (κ2) is 8.77. The fourth-order valence-corrected chi connectivity index (χ4v) is 2.26. The molecule has 0 saturated carbocycles. The van der Waals surface area contributed by atoms with Gasteiger partial charge in [0.2, 0.25) is 0 Å². The summed E-state index contributed by atoms with van der Waals surface area (Å²) in [6.07, 6.45) is 3.21. The van der Waals surface area contributed by atoms with Crippen molar-refractivity contribution in [3.8, 4) is 5.75 Å². The Bertz CT molecular complexity index is 679. The van der Waals surface area contributed by atoms with Crippen molar-refractivity contribution in [1.82, 2.24) is 10.4 Å². The Hall–Kier alpha value is -2.96. The largest absolute Gasteiger partial charge is 0.497 e. The zero-order chi connectivity index (χ0) is 18.2. The molecule has 0 aliphatic carbocycles. The number of methoxy groups -OCH3 is 1. The van der Waals surface area contributed by atoms with Gasteiger partial charge in [-0.3, -0.25) is 15.2 Å². The van der Waals surface area contributed by atoms with Crippen molar-refractivity contribution >= 4 is 17.6 Å². The molecule has 0 amide bonds. The highest BCUT2D eigenvalue weighted by Gasteiger charge is 2.20. The Kier molecular flexibility index (Phi) is 6.45. The number of carbonyl (C=O) groups is 2. The molecule has 1 aliphatic heterocycles. The Labute approximate surface area is 146 Å². The number of carbonyl (C=O) groups excluding carboxylic acids is 2. The molecule has 2 rings (SSSR count). The van der Waals surface area contributed by atoms with Crippen LogP contribution in [0.25, 0.3) is 5.70 Å². The molecule has 0 bridgehead atoms. The van der Waals surface area contributed by atoms with Crippen LogP contribution in [0.15, 0.2) is 42.1 Å². The Balaban J connectivity index is 2.26. The van der Waals surface area contributed by atoms with Crippen molar-refractivity contribution in [2.75, 3.05) is 26.9 Å². The summed E-state index contributed by atoms with van der Waals surface area (Å²) in [7, 11) is 1.59. The van der Waals surface area contributed by atoms with Gasteiger partial charge in [-0.25, -0.2) is 4.79 Å². The molecular formula is C18H22N2O5. The number of rotatable bonds is 7. The van der Waals surface area contributed by atoms with Gasteiger partial charge in [-0.1, -0.05) is 0 Å². The second-order valence-corrected chi connectivity index (χ2v) is 5.14. The van der Waals surface area contributed by atoms with Gasteiger partial charge < -0.3 is 14.2 Å². The topological polar surface area (TPSA) is 77.1 Å². The maximum atomic E-state index is 12.1. The lowest BCUT2D eigenvalue weighted by Gasteiger charge is -2.28. The molecular weight excluding hydrogens is 324 g/mol. The molecule has 1 N–H and O–H groups in total. The summed E-state index contributed by atoms with van der Waals surface area (Å²) in [4.78, 5) is 23.9. The number of nitrogens with one attached hydrogen (secondary N) is 1. The van der Waals surface area contributed by atoms with Crippen molar-refractivity contribution in [2.24, 2.45) is 0 Å². The molecule has 25 heavy (non-hydrogen) atoms. The van der Waals surface area contributed by atoms with Crippen molar-refractivity contribution in [1.29, 1.82) is 0 Å². The lowest BCUT2D eigenvalue weighted by molar-refractivity contribution is -0.144. The predicted octanol–water partition coefficient (Wildman–Crippen LogP) is 1.87. The number of benzene rings is 1. The maximum Gasteiger partial charge on any atom is 0.339 e. The van der Waals surface area contributed by atoms with Gasteiger partial charge in [0.05, 0.1) is 31.6 Å². The van der Waals surface area contributed by atoms with Gasteiger partial charge in [-0.15, -0.1) is 0 Å². The first-order chi connectivity index (χ1) is 12.1. The SMILES string of the molecule is CCOC(=O)CN1C=C(C(=O)OCC)C=C(c2ccc(OC)cc2)N1. The molecule has 1 aliphatic rings. The van der Waals surface area contributed by atoms with E-state index in [1.165, 1.54) is 11.2 Å². The lowest BCUT2D eigenvalue weighted by atomic mass is 10.1. The highest BCUT2D eigenvalue weighted by atomic mass is 16.5. The van der Waals surface area contributed by atoms with Gasteiger partial charge >= 0.3 is 11.9 Å². The monoisotopic (exact) mass is 346 g/mol. The van der Waals surface area contributed by atoms with Crippen molar-refractivity contribution in [3.63, 3.8) is 0 Å². The van der Waals surface area contributed by atoms with Crippen LogP contribution in [0.1, 0.15) is 19.4 Å². The smallest absolute Gasteiger partial charge is 0.339 e. The quantitative estimate of drug-likeness (QED) is 0.755. The van der Waals surface area contributed by atoms with E-state index >= 15 is 0 Å². The van der Waals surface area contributed by atoms with Gasteiger partial charge in [-0.2, -0.15) is 0 Å². The highest BCUT2D eigenvalue weighted by Crippen LogP contribution is 2.22. The van der Waals surface area contributed by atoms with Gasteiger partial charge in [-0.05, 0) is 49.8 Å². The predicted molar refractivity (Wildman–Crippen MR) is 92.2 cm³/mol. The summed E-state index contributed by atoms with van der Waals surface area (Å²) in [5.41, 5.74) is 4.94. The van der Waals surface area contributed by atoms with Crippen LogP contribution < -0.4 is 10.2 Å². The molecule has 1 aromatic carbocycles. The average Bonchev–Trinajstić information content (AvgIpc) is 2.62. The minimum absolute atomic E-state index is 0.0375. The Morgan fingerprint density at radius 3 is 2.36 bits per heavy atom. The Morgan fingerprint density at radius 1 is 1.08 bits per heavy atom. The molecule has 0 aromatic heterocycles. The van der Waals surface area contributed by atoms with Gasteiger partial charge in [0.1, 0.15) is 12.3 Å². The third kappa shape index (κ3) is 5.00. The zero-order valence-electron chi connectivity index (χ0n) is 14.6. The molecule has 7 heteroatoms. The van der Waals surface area contributed by atoms with Crippen molar-refractivity contribution in [2.45, 2.75) is 13.8 Å². The van der Waals surface area contributed by atoms with Crippen LogP contribution in [0, 0.1) is 0 Å². The summed E-state index contributed by atoms with van der Waals surface area (Å²) in [5, 5.41) is 1.50. The number of ether oxygens (including phenoxy) is 3. The van der Waals surface area contributed by atoms with E-state index in [1.807, 2.05) is 24.3 Å². The molecule has 0 radical (unpaired) electrons. The first-order valence-electron chi connectivity index (χ1n) is 8.01. The summed E-state index contributed by atoms with van der Waals surface area (Å²) < 4.78 is 15.2. The first kappa shape index (κ1) is 18.4. The summed E-state index contributed by atoms with van der Waals surface area (Å²) in [5.74, 6) is -0.126. The van der Waals surface area contributed by atoms with Crippen molar-refractivity contribution < 1.29 is 23.8 Å². The third-order valence-electron chi connectivity index (χ3n) is 3.38. The molecule has 0 spiro atoms. The maximum absolute atomic E-state index is 12.1. The molecule has 134 valence electrons. The summed E-state index contributed by atoms with van der Waals surface area (Å²) in [6.45, 7) is 4.01. The molecule has 0 atom stereocenters. The molecule has 0 unspecified atom stereocenters. The molecule has 1 aromatic rings. The van der Waals surface area contributed by atoms with E-state index in [0.29, 0.717) is 17.9 Å². The number of nitrogens with zero attached hydrogens (tertiary/aromatic N) is 1. The molecule has 7 nitrogen and oxygen atoms in total. The minimum Gasteiger partial charge on any atom is -0.497 e. The van der Waals surface area contributed by atoms with E-state index in [2.05, 4.69) is 5.43 Å². The molecule has 0 saturated heterocycles. The first-order valence-corrected chi connectivity index (χ1v) is 8.01. The van der Waals surface area contributed by atoms with E-state index in [1.54, 1.807) is 27.0 Å². The van der Waals surface area contributed by atoms with Gasteiger partial charge in [0, 0.05) is 6.20 Å². The van der Waals surface area contributed by atoms with Gasteiger partial charge in [0.15, 0.2) is 0 Å². The zero-order valence-corrected chi connectivity index (χ0v) is 14.6. The third-order valence-corrected chi connectivity index (χ3v) is 3.38. The normalized spacial score (nSPS) is 13.3. The standard InChI is InChI=1S/C18H22N2O5/c1-4-24-17(21)12-20-11-14(18(22)25-5-2)10-16(19-20)13-6-8-15(23-3)9-7-13/h6-11,19H,4-5,12H2,1-3H3. The van der Waals surface area contributed by atoms with Crippen LogP contribution in [0.4, 0.5) is 0 Å². The van der Waals surface area contributed by atoms with Crippen LogP contribution >= 0.6 is 0 Å². The fourth-order valence-electron chi connectivity index (χ4n) is 2.26. The van der Waals surface area contributed by atoms with E-state index < -0.39 is 11.9 Å². The number of hydrazine groups is 1. The Morgan fingerprint density at radius 2 is 1.76 bits per heavy atom. The van der Waals surface area contributed by atoms with Crippen molar-refractivity contribution in [3.05, 3.63) is 47.7 Å². The van der Waals surface area contributed by atoms with E-state index in [-0.39, 0.29) is 13.2 Å². The summed E-state index contributed by atoms with van der Waals surface area (Å²) in [6, 6.07) is 7.34. The fraction of sp³-hybridized carbons (Fsp3) is 0.333. The van der Waals surface area contributed by atoms with Crippen LogP contribution in [0.2, 0.25) is 0 Å². The lowest BCUT2D eigenvalue weighted by Crippen LogP contribution is -2.39. The number of esters is 2. The van der Waals surface area contributed by atoms with Crippen LogP contribution in [0.3, 0.4) is 0 Å². The second-order valence-electron chi connectivity index (χ2n) is 5.14. The van der Waals surface area contributed by atoms with E-state index in [0.717, 1.165) is 11.3 Å². The van der Waals surface area contributed by atoms with Gasteiger partial charge in [0.25, 0.3) is 0 Å². The molecule has 1 heterocycles. The highest BCUT2D eigenvalue weighted by molar-refractivity contribution is 5.94.